The van der Waals surface area contributed by atoms with Crippen molar-refractivity contribution in [2.45, 2.75) is 13.5 Å². The Hall–Kier alpha value is -3.64. The standard InChI is InChI=1S/C23H18ClN3O3/c1-15(2)30-23(28)27-17(14-29-18-11-7-4-8-12-18)13-19-20(24)25-21(26-22(19)27)16-9-5-3-6-10-16/h3-13H,1,14H2,2H3. The summed E-state index contributed by atoms with van der Waals surface area (Å²) in [5.74, 6) is 1.34. The van der Waals surface area contributed by atoms with Crippen LogP contribution in [0.2, 0.25) is 5.15 Å². The number of carbonyl (C=O) groups is 1. The monoisotopic (exact) mass is 419 g/mol. The second-order valence-electron chi connectivity index (χ2n) is 6.58. The lowest BCUT2D eigenvalue weighted by Gasteiger charge is -2.11. The van der Waals surface area contributed by atoms with Crippen molar-refractivity contribution in [1.82, 2.24) is 14.5 Å². The lowest BCUT2D eigenvalue weighted by atomic mass is 10.2. The molecule has 0 radical (unpaired) electrons. The number of halogens is 1. The van der Waals surface area contributed by atoms with Crippen molar-refractivity contribution in [3.63, 3.8) is 0 Å². The quantitative estimate of drug-likeness (QED) is 0.300. The predicted molar refractivity (Wildman–Crippen MR) is 115 cm³/mol. The van der Waals surface area contributed by atoms with Crippen molar-refractivity contribution in [3.8, 4) is 17.1 Å². The van der Waals surface area contributed by atoms with Crippen LogP contribution >= 0.6 is 11.6 Å². The Morgan fingerprint density at radius 1 is 1.07 bits per heavy atom. The molecule has 7 heteroatoms. The van der Waals surface area contributed by atoms with E-state index in [1.54, 1.807) is 13.0 Å². The van der Waals surface area contributed by atoms with Gasteiger partial charge in [-0.25, -0.2) is 19.3 Å². The van der Waals surface area contributed by atoms with Crippen LogP contribution < -0.4 is 4.74 Å². The normalized spacial score (nSPS) is 10.7. The van der Waals surface area contributed by atoms with E-state index >= 15 is 0 Å². The number of fused-ring (bicyclic) bond motifs is 1. The van der Waals surface area contributed by atoms with Gasteiger partial charge in [0.15, 0.2) is 11.5 Å². The number of hydrogen-bond acceptors (Lipinski definition) is 5. The molecule has 2 heterocycles. The summed E-state index contributed by atoms with van der Waals surface area (Å²) in [6, 6.07) is 20.4. The molecule has 2 aromatic heterocycles. The lowest BCUT2D eigenvalue weighted by Crippen LogP contribution is -2.17. The predicted octanol–water partition coefficient (Wildman–Crippen LogP) is 5.85. The molecule has 2 aromatic carbocycles. The third kappa shape index (κ3) is 4.04. The molecule has 0 saturated carbocycles. The average Bonchev–Trinajstić information content (AvgIpc) is 3.12. The molecule has 0 fully saturated rings. The molecule has 0 aliphatic heterocycles. The first-order valence-electron chi connectivity index (χ1n) is 9.22. The molecule has 0 unspecified atom stereocenters. The molecule has 0 aliphatic rings. The van der Waals surface area contributed by atoms with Crippen molar-refractivity contribution < 1.29 is 14.3 Å². The van der Waals surface area contributed by atoms with Gasteiger partial charge in [-0.05, 0) is 25.1 Å². The van der Waals surface area contributed by atoms with Gasteiger partial charge in [0.1, 0.15) is 17.5 Å². The van der Waals surface area contributed by atoms with Crippen molar-refractivity contribution in [2.24, 2.45) is 0 Å². The molecule has 150 valence electrons. The fourth-order valence-corrected chi connectivity index (χ4v) is 3.21. The van der Waals surface area contributed by atoms with E-state index in [9.17, 15) is 4.79 Å². The Balaban J connectivity index is 1.82. The van der Waals surface area contributed by atoms with E-state index in [-0.39, 0.29) is 17.5 Å². The minimum Gasteiger partial charge on any atom is -0.487 e. The van der Waals surface area contributed by atoms with E-state index in [0.717, 1.165) is 5.56 Å². The zero-order valence-corrected chi connectivity index (χ0v) is 17.0. The summed E-state index contributed by atoms with van der Waals surface area (Å²) in [6.45, 7) is 5.36. The summed E-state index contributed by atoms with van der Waals surface area (Å²) in [6.07, 6.45) is -0.641. The molecule has 30 heavy (non-hydrogen) atoms. The number of para-hydroxylation sites is 1. The van der Waals surface area contributed by atoms with Crippen molar-refractivity contribution in [1.29, 1.82) is 0 Å². The third-order valence-electron chi connectivity index (χ3n) is 4.30. The summed E-state index contributed by atoms with van der Waals surface area (Å²) in [5.41, 5.74) is 1.65. The number of ether oxygens (including phenoxy) is 2. The van der Waals surface area contributed by atoms with Gasteiger partial charge in [0.05, 0.1) is 16.8 Å². The van der Waals surface area contributed by atoms with Gasteiger partial charge in [-0.3, -0.25) is 0 Å². The van der Waals surface area contributed by atoms with Gasteiger partial charge in [0.25, 0.3) is 0 Å². The van der Waals surface area contributed by atoms with E-state index in [0.29, 0.717) is 28.3 Å². The molecule has 0 N–H and O–H groups in total. The minimum atomic E-state index is -0.641. The fourth-order valence-electron chi connectivity index (χ4n) is 2.99. The molecule has 0 atom stereocenters. The Morgan fingerprint density at radius 3 is 2.40 bits per heavy atom. The van der Waals surface area contributed by atoms with Crippen LogP contribution in [0.5, 0.6) is 5.75 Å². The van der Waals surface area contributed by atoms with Gasteiger partial charge in [-0.1, -0.05) is 66.7 Å². The topological polar surface area (TPSA) is 66.2 Å². The Kier molecular flexibility index (Phi) is 5.50. The third-order valence-corrected chi connectivity index (χ3v) is 4.58. The number of rotatable bonds is 5. The van der Waals surface area contributed by atoms with Crippen LogP contribution in [0.4, 0.5) is 4.79 Å². The van der Waals surface area contributed by atoms with Gasteiger partial charge < -0.3 is 9.47 Å². The number of benzene rings is 2. The summed E-state index contributed by atoms with van der Waals surface area (Å²) in [5, 5.41) is 0.767. The first-order chi connectivity index (χ1) is 14.5. The highest BCUT2D eigenvalue weighted by Gasteiger charge is 2.22. The van der Waals surface area contributed by atoms with Crippen LogP contribution in [0.3, 0.4) is 0 Å². The molecule has 4 aromatic rings. The second-order valence-corrected chi connectivity index (χ2v) is 6.94. The summed E-state index contributed by atoms with van der Waals surface area (Å²) >= 11 is 6.45. The average molecular weight is 420 g/mol. The maximum Gasteiger partial charge on any atom is 0.425 e. The van der Waals surface area contributed by atoms with Crippen LogP contribution in [0.25, 0.3) is 22.4 Å². The largest absolute Gasteiger partial charge is 0.487 e. The Bertz CT molecular complexity index is 1220. The van der Waals surface area contributed by atoms with Gasteiger partial charge in [0.2, 0.25) is 0 Å². The number of hydrogen-bond donors (Lipinski definition) is 0. The molecular weight excluding hydrogens is 402 g/mol. The lowest BCUT2D eigenvalue weighted by molar-refractivity contribution is 0.177. The van der Waals surface area contributed by atoms with Gasteiger partial charge >= 0.3 is 6.09 Å². The van der Waals surface area contributed by atoms with E-state index in [1.807, 2.05) is 60.7 Å². The van der Waals surface area contributed by atoms with Crippen LogP contribution in [0, 0.1) is 0 Å². The summed E-state index contributed by atoms with van der Waals surface area (Å²) in [7, 11) is 0. The highest BCUT2D eigenvalue weighted by atomic mass is 35.5. The SMILES string of the molecule is C=C(C)OC(=O)n1c(COc2ccccc2)cc2c(Cl)nc(-c3ccccc3)nc21. The Morgan fingerprint density at radius 2 is 1.73 bits per heavy atom. The maximum absolute atomic E-state index is 12.8. The molecule has 4 rings (SSSR count). The smallest absolute Gasteiger partial charge is 0.425 e. The first kappa shape index (κ1) is 19.7. The van der Waals surface area contributed by atoms with Crippen LogP contribution in [0.15, 0.2) is 79.1 Å². The highest BCUT2D eigenvalue weighted by Crippen LogP contribution is 2.29. The molecule has 6 nitrogen and oxygen atoms in total. The van der Waals surface area contributed by atoms with E-state index in [4.69, 9.17) is 21.1 Å². The highest BCUT2D eigenvalue weighted by molar-refractivity contribution is 6.34. The van der Waals surface area contributed by atoms with E-state index in [1.165, 1.54) is 4.57 Å². The number of allylic oxidation sites excluding steroid dienone is 1. The fraction of sp³-hybridized carbons (Fsp3) is 0.0870. The molecule has 0 saturated heterocycles. The maximum atomic E-state index is 12.8. The van der Waals surface area contributed by atoms with Gasteiger partial charge in [-0.2, -0.15) is 0 Å². The second kappa shape index (κ2) is 8.39. The van der Waals surface area contributed by atoms with Gasteiger partial charge in [-0.15, -0.1) is 0 Å². The zero-order chi connectivity index (χ0) is 21.1. The number of carbonyl (C=O) groups excluding carboxylic acids is 1. The number of nitrogens with zero attached hydrogens (tertiary/aromatic N) is 3. The van der Waals surface area contributed by atoms with E-state index < -0.39 is 6.09 Å². The molecule has 0 aliphatic carbocycles. The zero-order valence-electron chi connectivity index (χ0n) is 16.2. The Labute approximate surface area is 178 Å². The molecule has 0 amide bonds. The summed E-state index contributed by atoms with van der Waals surface area (Å²) in [4.78, 5) is 21.8. The van der Waals surface area contributed by atoms with E-state index in [2.05, 4.69) is 16.5 Å². The summed E-state index contributed by atoms with van der Waals surface area (Å²) < 4.78 is 12.4. The first-order valence-corrected chi connectivity index (χ1v) is 9.59. The van der Waals surface area contributed by atoms with Crippen molar-refractivity contribution in [3.05, 3.63) is 89.9 Å². The van der Waals surface area contributed by atoms with Crippen molar-refractivity contribution >= 4 is 28.7 Å². The molecule has 0 spiro atoms. The van der Waals surface area contributed by atoms with Crippen molar-refractivity contribution in [2.75, 3.05) is 0 Å². The number of aromatic nitrogens is 3. The molecular formula is C23H18ClN3O3. The molecule has 0 bridgehead atoms. The van der Waals surface area contributed by atoms with Crippen LogP contribution in [0.1, 0.15) is 12.6 Å². The van der Waals surface area contributed by atoms with Gasteiger partial charge in [0, 0.05) is 5.56 Å². The van der Waals surface area contributed by atoms with Crippen LogP contribution in [-0.4, -0.2) is 20.6 Å². The minimum absolute atomic E-state index is 0.114. The van der Waals surface area contributed by atoms with Crippen LogP contribution in [-0.2, 0) is 11.3 Å².